The molecule has 2 heterocycles. The lowest BCUT2D eigenvalue weighted by Gasteiger charge is -2.11. The molecule has 0 aliphatic rings. The summed E-state index contributed by atoms with van der Waals surface area (Å²) >= 11 is 12.2. The fourth-order valence-corrected chi connectivity index (χ4v) is 3.74. The van der Waals surface area contributed by atoms with E-state index >= 15 is 0 Å². The number of anilines is 1. The molecule has 0 saturated carbocycles. The van der Waals surface area contributed by atoms with Gasteiger partial charge in [-0.15, -0.1) is 0 Å². The molecule has 6 nitrogen and oxygen atoms in total. The molecule has 0 saturated heterocycles. The van der Waals surface area contributed by atoms with Gasteiger partial charge in [-0.3, -0.25) is 9.20 Å². The smallest absolute Gasteiger partial charge is 0.248 e. The maximum absolute atomic E-state index is 12.2. The Kier molecular flexibility index (Phi) is 6.77. The molecule has 0 fully saturated rings. The second-order valence-electron chi connectivity index (χ2n) is 7.41. The van der Waals surface area contributed by atoms with Gasteiger partial charge in [0.2, 0.25) is 5.91 Å². The van der Waals surface area contributed by atoms with E-state index in [-0.39, 0.29) is 23.2 Å². The van der Waals surface area contributed by atoms with E-state index in [1.165, 1.54) is 6.08 Å². The highest BCUT2D eigenvalue weighted by Gasteiger charge is 2.15. The van der Waals surface area contributed by atoms with Crippen molar-refractivity contribution in [3.8, 4) is 0 Å². The average molecular weight is 479 g/mol. The van der Waals surface area contributed by atoms with Crippen molar-refractivity contribution in [1.29, 1.82) is 0 Å². The lowest BCUT2D eigenvalue weighted by Crippen LogP contribution is -2.08. The molecule has 2 aromatic carbocycles. The highest BCUT2D eigenvalue weighted by molar-refractivity contribution is 6.30. The molecule has 166 valence electrons. The maximum Gasteiger partial charge on any atom is 0.248 e. The van der Waals surface area contributed by atoms with Crippen molar-refractivity contribution in [3.05, 3.63) is 112 Å². The number of carbonyl (C=O) groups is 1. The van der Waals surface area contributed by atoms with Gasteiger partial charge in [-0.25, -0.2) is 9.97 Å². The second kappa shape index (κ2) is 9.90. The number of aromatic nitrogens is 3. The third-order valence-corrected chi connectivity index (χ3v) is 5.49. The first-order valence-electron chi connectivity index (χ1n) is 10.1. The standard InChI is InChI=1S/C25H20Cl2N4O2/c1-16(32)14-21-24(27)30-22(31-13-12-28-25(21)31)15-18-4-9-20(10-5-18)29-23(33)11-6-17-2-7-19(26)8-3-17/h2-13,32H,1,14-15H2,(H,29,33)/b11-6+. The van der Waals surface area contributed by atoms with Crippen LogP contribution in [0.15, 0.2) is 79.3 Å². The number of hydrogen-bond donors (Lipinski definition) is 2. The van der Waals surface area contributed by atoms with Crippen LogP contribution in [0.5, 0.6) is 0 Å². The van der Waals surface area contributed by atoms with E-state index in [4.69, 9.17) is 23.2 Å². The number of nitrogens with one attached hydrogen (secondary N) is 1. The minimum absolute atomic E-state index is 0.00278. The Labute approximate surface area is 200 Å². The first-order valence-corrected chi connectivity index (χ1v) is 10.9. The number of allylic oxidation sites excluding steroid dienone is 1. The number of benzene rings is 2. The van der Waals surface area contributed by atoms with E-state index < -0.39 is 0 Å². The molecule has 0 radical (unpaired) electrons. The van der Waals surface area contributed by atoms with Gasteiger partial charge in [0.25, 0.3) is 0 Å². The quantitative estimate of drug-likeness (QED) is 0.197. The molecule has 33 heavy (non-hydrogen) atoms. The Morgan fingerprint density at radius 1 is 1.12 bits per heavy atom. The first kappa shape index (κ1) is 22.6. The topological polar surface area (TPSA) is 79.5 Å². The van der Waals surface area contributed by atoms with E-state index in [1.807, 2.05) is 40.8 Å². The Balaban J connectivity index is 1.45. The molecule has 1 amide bonds. The molecular weight excluding hydrogens is 459 g/mol. The normalized spacial score (nSPS) is 11.2. The molecule has 0 unspecified atom stereocenters. The fraction of sp³-hybridized carbons (Fsp3) is 0.0800. The number of aliphatic hydroxyl groups is 1. The van der Waals surface area contributed by atoms with E-state index in [0.717, 1.165) is 11.1 Å². The number of hydrogen-bond acceptors (Lipinski definition) is 4. The molecule has 8 heteroatoms. The van der Waals surface area contributed by atoms with E-state index in [2.05, 4.69) is 21.9 Å². The van der Waals surface area contributed by atoms with Gasteiger partial charge in [0.05, 0.1) is 5.76 Å². The summed E-state index contributed by atoms with van der Waals surface area (Å²) in [6.07, 6.45) is 7.37. The lowest BCUT2D eigenvalue weighted by molar-refractivity contribution is -0.111. The van der Waals surface area contributed by atoms with E-state index in [1.54, 1.807) is 30.6 Å². The number of rotatable bonds is 7. The van der Waals surface area contributed by atoms with Gasteiger partial charge in [-0.1, -0.05) is 54.0 Å². The molecule has 2 aromatic heterocycles. The number of aliphatic hydroxyl groups excluding tert-OH is 1. The van der Waals surface area contributed by atoms with Gasteiger partial charge < -0.3 is 10.4 Å². The number of halogens is 2. The molecule has 0 spiro atoms. The molecule has 2 N–H and O–H groups in total. The Bertz CT molecular complexity index is 1340. The Morgan fingerprint density at radius 2 is 1.85 bits per heavy atom. The van der Waals surface area contributed by atoms with Crippen LogP contribution in [-0.2, 0) is 17.6 Å². The van der Waals surface area contributed by atoms with Gasteiger partial charge in [0.15, 0.2) is 0 Å². The third-order valence-electron chi connectivity index (χ3n) is 4.93. The number of carbonyl (C=O) groups excluding carboxylic acids is 1. The zero-order chi connectivity index (χ0) is 23.4. The fourth-order valence-electron chi connectivity index (χ4n) is 3.36. The second-order valence-corrected chi connectivity index (χ2v) is 8.20. The van der Waals surface area contributed by atoms with Gasteiger partial charge in [-0.05, 0) is 41.5 Å². The summed E-state index contributed by atoms with van der Waals surface area (Å²) in [6.45, 7) is 3.52. The minimum Gasteiger partial charge on any atom is -0.513 e. The summed E-state index contributed by atoms with van der Waals surface area (Å²) in [6, 6.07) is 14.7. The van der Waals surface area contributed by atoms with Crippen LogP contribution in [0.25, 0.3) is 11.7 Å². The number of imidazole rings is 1. The van der Waals surface area contributed by atoms with Crippen molar-refractivity contribution >= 4 is 46.5 Å². The lowest BCUT2D eigenvalue weighted by atomic mass is 10.1. The van der Waals surface area contributed by atoms with Crippen molar-refractivity contribution in [3.63, 3.8) is 0 Å². The maximum atomic E-state index is 12.2. The summed E-state index contributed by atoms with van der Waals surface area (Å²) in [7, 11) is 0. The van der Waals surface area contributed by atoms with Gasteiger partial charge >= 0.3 is 0 Å². The van der Waals surface area contributed by atoms with Crippen molar-refractivity contribution in [1.82, 2.24) is 14.4 Å². The largest absolute Gasteiger partial charge is 0.513 e. The van der Waals surface area contributed by atoms with E-state index in [9.17, 15) is 9.90 Å². The van der Waals surface area contributed by atoms with Crippen LogP contribution in [0.4, 0.5) is 5.69 Å². The summed E-state index contributed by atoms with van der Waals surface area (Å²) in [5.41, 5.74) is 3.82. The summed E-state index contributed by atoms with van der Waals surface area (Å²) in [5, 5.41) is 13.3. The predicted molar refractivity (Wildman–Crippen MR) is 132 cm³/mol. The van der Waals surface area contributed by atoms with Gasteiger partial charge in [0.1, 0.15) is 16.6 Å². The summed E-state index contributed by atoms with van der Waals surface area (Å²) in [4.78, 5) is 21.1. The van der Waals surface area contributed by atoms with Gasteiger partial charge in [-0.2, -0.15) is 0 Å². The molecule has 0 aliphatic carbocycles. The van der Waals surface area contributed by atoms with E-state index in [0.29, 0.717) is 34.2 Å². The molecule has 4 rings (SSSR count). The van der Waals surface area contributed by atoms with Crippen LogP contribution < -0.4 is 5.32 Å². The highest BCUT2D eigenvalue weighted by Crippen LogP contribution is 2.23. The molecular formula is C25H20Cl2N4O2. The zero-order valence-corrected chi connectivity index (χ0v) is 19.0. The number of nitrogens with zero attached hydrogens (tertiary/aromatic N) is 3. The zero-order valence-electron chi connectivity index (χ0n) is 17.5. The Morgan fingerprint density at radius 3 is 2.55 bits per heavy atom. The van der Waals surface area contributed by atoms with Crippen LogP contribution in [0.3, 0.4) is 0 Å². The predicted octanol–water partition coefficient (Wildman–Crippen LogP) is 5.89. The van der Waals surface area contributed by atoms with Crippen molar-refractivity contribution < 1.29 is 9.90 Å². The molecule has 0 aliphatic heterocycles. The van der Waals surface area contributed by atoms with Gasteiger partial charge in [0, 0.05) is 47.6 Å². The summed E-state index contributed by atoms with van der Waals surface area (Å²) < 4.78 is 1.85. The van der Waals surface area contributed by atoms with Crippen molar-refractivity contribution in [2.75, 3.05) is 5.32 Å². The number of amides is 1. The average Bonchev–Trinajstić information content (AvgIpc) is 3.27. The summed E-state index contributed by atoms with van der Waals surface area (Å²) in [5.74, 6) is 0.479. The Hall–Kier alpha value is -3.61. The van der Waals surface area contributed by atoms with Crippen LogP contribution in [0, 0.1) is 0 Å². The first-order chi connectivity index (χ1) is 15.9. The van der Waals surface area contributed by atoms with Crippen molar-refractivity contribution in [2.45, 2.75) is 12.8 Å². The molecule has 0 atom stereocenters. The number of fused-ring (bicyclic) bond motifs is 1. The van der Waals surface area contributed by atoms with Crippen LogP contribution >= 0.6 is 23.2 Å². The van der Waals surface area contributed by atoms with Crippen LogP contribution in [0.1, 0.15) is 22.5 Å². The SMILES string of the molecule is C=C(O)Cc1c(Cl)nc(Cc2ccc(NC(=O)/C=C/c3ccc(Cl)cc3)cc2)n2ccnc12. The monoisotopic (exact) mass is 478 g/mol. The molecule has 0 bridgehead atoms. The third kappa shape index (κ3) is 5.61. The minimum atomic E-state index is -0.229. The highest BCUT2D eigenvalue weighted by atomic mass is 35.5. The van der Waals surface area contributed by atoms with Crippen LogP contribution in [-0.4, -0.2) is 25.4 Å². The van der Waals surface area contributed by atoms with Crippen molar-refractivity contribution in [2.24, 2.45) is 0 Å². The molecule has 4 aromatic rings. The van der Waals surface area contributed by atoms with Crippen LogP contribution in [0.2, 0.25) is 10.2 Å².